The lowest BCUT2D eigenvalue weighted by molar-refractivity contribution is 1.08. The number of rotatable bonds is 4. The second kappa shape index (κ2) is 9.84. The summed E-state index contributed by atoms with van der Waals surface area (Å²) >= 11 is 1.83. The van der Waals surface area contributed by atoms with Crippen molar-refractivity contribution in [2.45, 2.75) is 9.79 Å². The van der Waals surface area contributed by atoms with Crippen LogP contribution in [-0.4, -0.2) is 15.0 Å². The van der Waals surface area contributed by atoms with Crippen LogP contribution in [0.25, 0.3) is 67.2 Å². The third-order valence-corrected chi connectivity index (χ3v) is 8.69. The van der Waals surface area contributed by atoms with Crippen LogP contribution in [-0.2, 0) is 0 Å². The summed E-state index contributed by atoms with van der Waals surface area (Å²) in [5.74, 6) is 2.00. The van der Waals surface area contributed by atoms with Gasteiger partial charge in [-0.2, -0.15) is 0 Å². The zero-order chi connectivity index (χ0) is 27.2. The Hall–Kier alpha value is -5.06. The zero-order valence-electron chi connectivity index (χ0n) is 22.0. The highest BCUT2D eigenvalue weighted by molar-refractivity contribution is 7.99. The van der Waals surface area contributed by atoms with Gasteiger partial charge >= 0.3 is 0 Å². The van der Waals surface area contributed by atoms with Crippen molar-refractivity contribution in [3.63, 3.8) is 0 Å². The fourth-order valence-electron chi connectivity index (χ4n) is 5.56. The molecule has 0 aliphatic carbocycles. The Labute approximate surface area is 242 Å². The van der Waals surface area contributed by atoms with Gasteiger partial charge in [-0.3, -0.25) is 0 Å². The summed E-state index contributed by atoms with van der Waals surface area (Å²) in [6.45, 7) is 0. The molecular formula is C37H23N3S. The lowest BCUT2D eigenvalue weighted by Gasteiger charge is -2.21. The minimum atomic E-state index is 0.661. The first-order valence-corrected chi connectivity index (χ1v) is 14.4. The van der Waals surface area contributed by atoms with Crippen LogP contribution in [0.15, 0.2) is 149 Å². The number of aromatic nitrogens is 3. The van der Waals surface area contributed by atoms with Gasteiger partial charge in [0, 0.05) is 31.9 Å². The van der Waals surface area contributed by atoms with Crippen LogP contribution in [0.3, 0.4) is 0 Å². The Morgan fingerprint density at radius 1 is 0.341 bits per heavy atom. The molecule has 0 atom stereocenters. The smallest absolute Gasteiger partial charge is 0.164 e. The number of hydrogen-bond acceptors (Lipinski definition) is 4. The summed E-state index contributed by atoms with van der Waals surface area (Å²) in [4.78, 5) is 17.6. The fraction of sp³-hybridized carbons (Fsp3) is 0. The largest absolute Gasteiger partial charge is 0.208 e. The molecule has 1 aromatic heterocycles. The molecule has 0 radical (unpaired) electrons. The molecule has 0 fully saturated rings. The maximum atomic E-state index is 5.07. The molecule has 1 aliphatic rings. The van der Waals surface area contributed by atoms with Crippen LogP contribution >= 0.6 is 11.8 Å². The predicted molar refractivity (Wildman–Crippen MR) is 169 cm³/mol. The van der Waals surface area contributed by atoms with Crippen molar-refractivity contribution in [2.75, 3.05) is 0 Å². The molecule has 2 heterocycles. The van der Waals surface area contributed by atoms with E-state index in [4.69, 9.17) is 15.0 Å². The van der Waals surface area contributed by atoms with Crippen LogP contribution in [0.1, 0.15) is 0 Å². The minimum absolute atomic E-state index is 0.661. The third-order valence-electron chi connectivity index (χ3n) is 7.56. The Morgan fingerprint density at radius 3 is 1.63 bits per heavy atom. The van der Waals surface area contributed by atoms with Crippen molar-refractivity contribution in [2.24, 2.45) is 0 Å². The molecule has 0 bridgehead atoms. The van der Waals surface area contributed by atoms with Crippen LogP contribution in [0.2, 0.25) is 0 Å². The topological polar surface area (TPSA) is 38.7 Å². The Balaban J connectivity index is 1.31. The second-order valence-corrected chi connectivity index (χ2v) is 11.1. The van der Waals surface area contributed by atoms with Gasteiger partial charge in [-0.1, -0.05) is 133 Å². The molecular weight excluding hydrogens is 518 g/mol. The van der Waals surface area contributed by atoms with Gasteiger partial charge in [0.1, 0.15) is 0 Å². The van der Waals surface area contributed by atoms with Crippen molar-refractivity contribution in [1.29, 1.82) is 0 Å². The van der Waals surface area contributed by atoms with Crippen LogP contribution < -0.4 is 0 Å². The number of nitrogens with zero attached hydrogens (tertiary/aromatic N) is 3. The van der Waals surface area contributed by atoms with Gasteiger partial charge in [0.25, 0.3) is 0 Å². The summed E-state index contributed by atoms with van der Waals surface area (Å²) in [5, 5.41) is 2.40. The van der Waals surface area contributed by atoms with Crippen LogP contribution in [0.5, 0.6) is 0 Å². The summed E-state index contributed by atoms with van der Waals surface area (Å²) in [5.41, 5.74) is 7.79. The molecule has 1 aliphatic heterocycles. The SMILES string of the molecule is c1ccc(-c2ccc(-c3nc(-c4ccccc4)nc(-c4ccc5c6c(cccc46)Sc4ccccc4-5)n3)cc2)cc1. The Kier molecular flexibility index (Phi) is 5.71. The van der Waals surface area contributed by atoms with E-state index in [2.05, 4.69) is 103 Å². The summed E-state index contributed by atoms with van der Waals surface area (Å²) in [6.07, 6.45) is 0. The quantitative estimate of drug-likeness (QED) is 0.222. The maximum absolute atomic E-state index is 5.07. The van der Waals surface area contributed by atoms with Crippen molar-refractivity contribution in [3.8, 4) is 56.4 Å². The molecule has 192 valence electrons. The van der Waals surface area contributed by atoms with Crippen molar-refractivity contribution in [3.05, 3.63) is 140 Å². The summed E-state index contributed by atoms with van der Waals surface area (Å²) in [6, 6.07) is 48.5. The molecule has 4 heteroatoms. The normalized spacial score (nSPS) is 11.8. The van der Waals surface area contributed by atoms with Gasteiger partial charge in [0.15, 0.2) is 17.5 Å². The second-order valence-electron chi connectivity index (χ2n) is 10.1. The van der Waals surface area contributed by atoms with Crippen LogP contribution in [0, 0.1) is 0 Å². The molecule has 3 nitrogen and oxygen atoms in total. The van der Waals surface area contributed by atoms with E-state index in [9.17, 15) is 0 Å². The molecule has 41 heavy (non-hydrogen) atoms. The highest BCUT2D eigenvalue weighted by atomic mass is 32.2. The fourth-order valence-corrected chi connectivity index (χ4v) is 6.70. The van der Waals surface area contributed by atoms with Gasteiger partial charge in [0.2, 0.25) is 0 Å². The molecule has 7 aromatic rings. The van der Waals surface area contributed by atoms with E-state index >= 15 is 0 Å². The van der Waals surface area contributed by atoms with Gasteiger partial charge < -0.3 is 0 Å². The Morgan fingerprint density at radius 2 is 0.878 bits per heavy atom. The Bertz CT molecular complexity index is 2050. The third kappa shape index (κ3) is 4.21. The van der Waals surface area contributed by atoms with E-state index in [-0.39, 0.29) is 0 Å². The number of hydrogen-bond donors (Lipinski definition) is 0. The summed E-state index contributed by atoms with van der Waals surface area (Å²) < 4.78 is 0. The van der Waals surface area contributed by atoms with Crippen molar-refractivity contribution in [1.82, 2.24) is 15.0 Å². The average molecular weight is 542 g/mol. The first-order chi connectivity index (χ1) is 20.3. The minimum Gasteiger partial charge on any atom is -0.208 e. The highest BCUT2D eigenvalue weighted by Gasteiger charge is 2.22. The number of benzene rings is 6. The first-order valence-electron chi connectivity index (χ1n) is 13.6. The molecule has 8 rings (SSSR count). The van der Waals surface area contributed by atoms with Crippen LogP contribution in [0.4, 0.5) is 0 Å². The van der Waals surface area contributed by atoms with E-state index < -0.39 is 0 Å². The van der Waals surface area contributed by atoms with Gasteiger partial charge in [-0.15, -0.1) is 0 Å². The van der Waals surface area contributed by atoms with E-state index in [1.54, 1.807) is 0 Å². The molecule has 0 amide bonds. The molecule has 0 N–H and O–H groups in total. The van der Waals surface area contributed by atoms with Gasteiger partial charge in [-0.05, 0) is 45.8 Å². The van der Waals surface area contributed by atoms with E-state index in [1.807, 2.05) is 48.2 Å². The van der Waals surface area contributed by atoms with E-state index in [0.29, 0.717) is 17.5 Å². The van der Waals surface area contributed by atoms with E-state index in [0.717, 1.165) is 27.6 Å². The highest BCUT2D eigenvalue weighted by Crippen LogP contribution is 2.49. The number of fused-ring (bicyclic) bond motifs is 2. The average Bonchev–Trinajstić information content (AvgIpc) is 3.06. The van der Waals surface area contributed by atoms with Crippen molar-refractivity contribution >= 4 is 22.5 Å². The molecule has 6 aromatic carbocycles. The predicted octanol–water partition coefficient (Wildman–Crippen LogP) is 9.82. The van der Waals surface area contributed by atoms with Gasteiger partial charge in [0.05, 0.1) is 0 Å². The van der Waals surface area contributed by atoms with Gasteiger partial charge in [-0.25, -0.2) is 15.0 Å². The lowest BCUT2D eigenvalue weighted by atomic mass is 9.94. The first kappa shape index (κ1) is 23.8. The lowest BCUT2D eigenvalue weighted by Crippen LogP contribution is -2.01. The molecule has 0 spiro atoms. The molecule has 0 saturated heterocycles. The molecule has 0 unspecified atom stereocenters. The summed E-state index contributed by atoms with van der Waals surface area (Å²) in [7, 11) is 0. The van der Waals surface area contributed by atoms with E-state index in [1.165, 1.54) is 31.9 Å². The zero-order valence-corrected chi connectivity index (χ0v) is 22.8. The standard InChI is InChI=1S/C37H23N3S/c1-3-10-24(11-4-1)25-18-20-27(21-19-25)36-38-35(26-12-5-2-6-13-26)39-37(40-36)31-23-22-30-28-14-7-8-16-32(28)41-33-17-9-15-29(31)34(30)33/h1-23H. The maximum Gasteiger partial charge on any atom is 0.164 e. The monoisotopic (exact) mass is 541 g/mol. The molecule has 0 saturated carbocycles. The van der Waals surface area contributed by atoms with Crippen molar-refractivity contribution < 1.29 is 0 Å².